The Kier molecular flexibility index (Phi) is 3.82. The van der Waals surface area contributed by atoms with Gasteiger partial charge in [0.25, 0.3) is 5.91 Å². The number of hydrogen-bond acceptors (Lipinski definition) is 2. The SMILES string of the molecule is C[C@H](NC(=O)c1ccn(C)n1)C1CCCCC1. The van der Waals surface area contributed by atoms with Crippen molar-refractivity contribution < 1.29 is 4.79 Å². The van der Waals surface area contributed by atoms with E-state index in [2.05, 4.69) is 17.3 Å². The second-order valence-electron chi connectivity index (χ2n) is 5.03. The zero-order chi connectivity index (χ0) is 12.3. The number of aryl methyl sites for hydroxylation is 1. The predicted molar refractivity (Wildman–Crippen MR) is 66.7 cm³/mol. The van der Waals surface area contributed by atoms with Crippen LogP contribution in [0.25, 0.3) is 0 Å². The lowest BCUT2D eigenvalue weighted by Crippen LogP contribution is -2.39. The molecule has 1 aliphatic carbocycles. The summed E-state index contributed by atoms with van der Waals surface area (Å²) in [5.41, 5.74) is 0.509. The summed E-state index contributed by atoms with van der Waals surface area (Å²) < 4.78 is 1.65. The second kappa shape index (κ2) is 5.34. The van der Waals surface area contributed by atoms with Gasteiger partial charge < -0.3 is 5.32 Å². The Balaban J connectivity index is 1.89. The van der Waals surface area contributed by atoms with Gasteiger partial charge in [0.2, 0.25) is 0 Å². The van der Waals surface area contributed by atoms with Crippen molar-refractivity contribution >= 4 is 5.91 Å². The quantitative estimate of drug-likeness (QED) is 0.872. The Labute approximate surface area is 102 Å². The number of amides is 1. The average Bonchev–Trinajstić information content (AvgIpc) is 2.77. The molecule has 4 nitrogen and oxygen atoms in total. The second-order valence-corrected chi connectivity index (χ2v) is 5.03. The van der Waals surface area contributed by atoms with E-state index in [0.717, 1.165) is 0 Å². The first-order valence-corrected chi connectivity index (χ1v) is 6.47. The zero-order valence-corrected chi connectivity index (χ0v) is 10.6. The van der Waals surface area contributed by atoms with Crippen LogP contribution in [0.4, 0.5) is 0 Å². The molecule has 1 aromatic rings. The van der Waals surface area contributed by atoms with Gasteiger partial charge in [-0.05, 0) is 31.7 Å². The Bertz CT molecular complexity index is 380. The van der Waals surface area contributed by atoms with Crippen molar-refractivity contribution in [3.63, 3.8) is 0 Å². The lowest BCUT2D eigenvalue weighted by Gasteiger charge is -2.28. The number of nitrogens with one attached hydrogen (secondary N) is 1. The van der Waals surface area contributed by atoms with Gasteiger partial charge in [0.1, 0.15) is 5.69 Å². The summed E-state index contributed by atoms with van der Waals surface area (Å²) in [7, 11) is 1.82. The van der Waals surface area contributed by atoms with Crippen LogP contribution in [-0.4, -0.2) is 21.7 Å². The number of rotatable bonds is 3. The zero-order valence-electron chi connectivity index (χ0n) is 10.6. The van der Waals surface area contributed by atoms with Gasteiger partial charge in [-0.2, -0.15) is 5.10 Å². The van der Waals surface area contributed by atoms with Crippen LogP contribution in [0, 0.1) is 5.92 Å². The van der Waals surface area contributed by atoms with Gasteiger partial charge >= 0.3 is 0 Å². The largest absolute Gasteiger partial charge is 0.348 e. The molecule has 0 saturated heterocycles. The van der Waals surface area contributed by atoms with Gasteiger partial charge in [-0.1, -0.05) is 19.3 Å². The Morgan fingerprint density at radius 3 is 2.76 bits per heavy atom. The first-order chi connectivity index (χ1) is 8.16. The van der Waals surface area contributed by atoms with Gasteiger partial charge in [-0.25, -0.2) is 0 Å². The highest BCUT2D eigenvalue weighted by atomic mass is 16.2. The van der Waals surface area contributed by atoms with Gasteiger partial charge in [0, 0.05) is 19.3 Å². The minimum Gasteiger partial charge on any atom is -0.348 e. The minimum atomic E-state index is -0.0522. The highest BCUT2D eigenvalue weighted by molar-refractivity contribution is 5.92. The van der Waals surface area contributed by atoms with E-state index in [1.807, 2.05) is 7.05 Å². The van der Waals surface area contributed by atoms with Crippen LogP contribution in [0.1, 0.15) is 49.5 Å². The maximum absolute atomic E-state index is 11.9. The van der Waals surface area contributed by atoms with Crippen LogP contribution in [-0.2, 0) is 7.05 Å². The molecule has 2 rings (SSSR count). The Morgan fingerprint density at radius 1 is 1.47 bits per heavy atom. The fraction of sp³-hybridized carbons (Fsp3) is 0.692. The predicted octanol–water partition coefficient (Wildman–Crippen LogP) is 2.12. The van der Waals surface area contributed by atoms with Crippen molar-refractivity contribution in [2.45, 2.75) is 45.1 Å². The summed E-state index contributed by atoms with van der Waals surface area (Å²) in [5.74, 6) is 0.583. The molecule has 1 atom stereocenters. The fourth-order valence-corrected chi connectivity index (χ4v) is 2.57. The molecule has 1 N–H and O–H groups in total. The molecule has 1 aliphatic rings. The van der Waals surface area contributed by atoms with Crippen molar-refractivity contribution in [1.29, 1.82) is 0 Å². The summed E-state index contributed by atoms with van der Waals surface area (Å²) in [6.45, 7) is 2.11. The Hall–Kier alpha value is -1.32. The molecule has 0 unspecified atom stereocenters. The smallest absolute Gasteiger partial charge is 0.271 e. The van der Waals surface area contributed by atoms with Crippen molar-refractivity contribution in [1.82, 2.24) is 15.1 Å². The molecule has 17 heavy (non-hydrogen) atoms. The van der Waals surface area contributed by atoms with Crippen LogP contribution < -0.4 is 5.32 Å². The van der Waals surface area contributed by atoms with Crippen molar-refractivity contribution in [2.75, 3.05) is 0 Å². The number of carbonyl (C=O) groups excluding carboxylic acids is 1. The highest BCUT2D eigenvalue weighted by Crippen LogP contribution is 2.26. The number of hydrogen-bond donors (Lipinski definition) is 1. The van der Waals surface area contributed by atoms with E-state index in [9.17, 15) is 4.79 Å². The molecular weight excluding hydrogens is 214 g/mol. The molecule has 1 fully saturated rings. The van der Waals surface area contributed by atoms with E-state index < -0.39 is 0 Å². The summed E-state index contributed by atoms with van der Waals surface area (Å²) in [5, 5.41) is 7.18. The van der Waals surface area contributed by atoms with Crippen LogP contribution in [0.15, 0.2) is 12.3 Å². The van der Waals surface area contributed by atoms with Crippen LogP contribution in [0.2, 0.25) is 0 Å². The summed E-state index contributed by atoms with van der Waals surface area (Å²) >= 11 is 0. The molecular formula is C13H21N3O. The van der Waals surface area contributed by atoms with Crippen molar-refractivity contribution in [2.24, 2.45) is 13.0 Å². The van der Waals surface area contributed by atoms with Gasteiger partial charge in [-0.15, -0.1) is 0 Å². The Morgan fingerprint density at radius 2 is 2.18 bits per heavy atom. The van der Waals surface area contributed by atoms with Gasteiger partial charge in [-0.3, -0.25) is 9.48 Å². The third-order valence-electron chi connectivity index (χ3n) is 3.66. The molecule has 1 amide bonds. The lowest BCUT2D eigenvalue weighted by atomic mass is 9.84. The van der Waals surface area contributed by atoms with E-state index in [1.54, 1.807) is 16.9 Å². The normalized spacial score (nSPS) is 18.9. The van der Waals surface area contributed by atoms with E-state index in [0.29, 0.717) is 11.6 Å². The highest BCUT2D eigenvalue weighted by Gasteiger charge is 2.22. The van der Waals surface area contributed by atoms with Crippen LogP contribution >= 0.6 is 0 Å². The molecule has 0 bridgehead atoms. The molecule has 1 aromatic heterocycles. The number of carbonyl (C=O) groups is 1. The molecule has 1 heterocycles. The summed E-state index contributed by atoms with van der Waals surface area (Å²) in [4.78, 5) is 11.9. The fourth-order valence-electron chi connectivity index (χ4n) is 2.57. The third-order valence-corrected chi connectivity index (χ3v) is 3.66. The molecule has 4 heteroatoms. The minimum absolute atomic E-state index is 0.0522. The lowest BCUT2D eigenvalue weighted by molar-refractivity contribution is 0.0913. The number of aromatic nitrogens is 2. The van der Waals surface area contributed by atoms with E-state index in [4.69, 9.17) is 0 Å². The van der Waals surface area contributed by atoms with Crippen LogP contribution in [0.5, 0.6) is 0 Å². The topological polar surface area (TPSA) is 46.9 Å². The third kappa shape index (κ3) is 3.08. The van der Waals surface area contributed by atoms with E-state index in [-0.39, 0.29) is 11.9 Å². The van der Waals surface area contributed by atoms with Crippen molar-refractivity contribution in [3.8, 4) is 0 Å². The molecule has 0 spiro atoms. The first kappa shape index (κ1) is 12.1. The summed E-state index contributed by atoms with van der Waals surface area (Å²) in [6, 6.07) is 2.01. The van der Waals surface area contributed by atoms with E-state index in [1.165, 1.54) is 32.1 Å². The first-order valence-electron chi connectivity index (χ1n) is 6.47. The molecule has 0 aliphatic heterocycles. The van der Waals surface area contributed by atoms with Gasteiger partial charge in [0.15, 0.2) is 0 Å². The van der Waals surface area contributed by atoms with Gasteiger partial charge in [0.05, 0.1) is 0 Å². The molecule has 0 aromatic carbocycles. The molecule has 0 radical (unpaired) electrons. The average molecular weight is 235 g/mol. The standard InChI is InChI=1S/C13H21N3O/c1-10(11-6-4-3-5-7-11)14-13(17)12-8-9-16(2)15-12/h8-11H,3-7H2,1-2H3,(H,14,17)/t10-/m0/s1. The van der Waals surface area contributed by atoms with Crippen LogP contribution in [0.3, 0.4) is 0 Å². The van der Waals surface area contributed by atoms with E-state index >= 15 is 0 Å². The number of nitrogens with zero attached hydrogens (tertiary/aromatic N) is 2. The molecule has 1 saturated carbocycles. The monoisotopic (exact) mass is 235 g/mol. The molecule has 94 valence electrons. The van der Waals surface area contributed by atoms with Crippen molar-refractivity contribution in [3.05, 3.63) is 18.0 Å². The summed E-state index contributed by atoms with van der Waals surface area (Å²) in [6.07, 6.45) is 8.22. The maximum Gasteiger partial charge on any atom is 0.271 e. The maximum atomic E-state index is 11.9.